The highest BCUT2D eigenvalue weighted by molar-refractivity contribution is 9.10. The predicted octanol–water partition coefficient (Wildman–Crippen LogP) is 2.83. The van der Waals surface area contributed by atoms with Crippen LogP contribution in [0.25, 0.3) is 0 Å². The van der Waals surface area contributed by atoms with E-state index >= 15 is 0 Å². The first-order chi connectivity index (χ1) is 7.90. The number of halogens is 1. The van der Waals surface area contributed by atoms with Crippen molar-refractivity contribution in [3.8, 4) is 0 Å². The van der Waals surface area contributed by atoms with Crippen LogP contribution in [0.1, 0.15) is 19.4 Å². The minimum Gasteiger partial charge on any atom is -0.481 e. The summed E-state index contributed by atoms with van der Waals surface area (Å²) < 4.78 is 6.25. The summed E-state index contributed by atoms with van der Waals surface area (Å²) in [6.45, 7) is 4.45. The summed E-state index contributed by atoms with van der Waals surface area (Å²) in [6, 6.07) is 7.81. The van der Waals surface area contributed by atoms with Crippen LogP contribution in [-0.4, -0.2) is 24.3 Å². The number of benzene rings is 1. The molecule has 0 atom stereocenters. The van der Waals surface area contributed by atoms with Gasteiger partial charge in [0.15, 0.2) is 0 Å². The summed E-state index contributed by atoms with van der Waals surface area (Å²) in [5.41, 5.74) is -0.250. The van der Waals surface area contributed by atoms with Gasteiger partial charge in [0.1, 0.15) is 0 Å². The molecule has 1 fully saturated rings. The second-order valence-electron chi connectivity index (χ2n) is 5.02. The number of carbonyl (C=O) groups is 1. The molecule has 92 valence electrons. The molecule has 0 saturated carbocycles. The number of carboxylic acids is 1. The SMILES string of the molecule is CC(C)(C(=O)O)C1(c2cccc(Br)c2)COC1. The first-order valence-electron chi connectivity index (χ1n) is 5.47. The number of hydrogen-bond donors (Lipinski definition) is 1. The maximum Gasteiger partial charge on any atom is 0.310 e. The van der Waals surface area contributed by atoms with Gasteiger partial charge in [0.25, 0.3) is 0 Å². The standard InChI is InChI=1S/C13H15BrO3/c1-12(2,11(15)16)13(7-17-8-13)9-4-3-5-10(14)6-9/h3-6H,7-8H2,1-2H3,(H,15,16). The molecular formula is C13H15BrO3. The zero-order chi connectivity index (χ0) is 12.7. The van der Waals surface area contributed by atoms with E-state index in [4.69, 9.17) is 4.74 Å². The van der Waals surface area contributed by atoms with Crippen LogP contribution < -0.4 is 0 Å². The van der Waals surface area contributed by atoms with Crippen LogP contribution in [0, 0.1) is 5.41 Å². The van der Waals surface area contributed by atoms with E-state index in [1.165, 1.54) is 0 Å². The van der Waals surface area contributed by atoms with E-state index in [9.17, 15) is 9.90 Å². The second kappa shape index (κ2) is 4.10. The summed E-state index contributed by atoms with van der Waals surface area (Å²) in [5, 5.41) is 9.41. The van der Waals surface area contributed by atoms with Crippen LogP contribution in [-0.2, 0) is 14.9 Å². The zero-order valence-electron chi connectivity index (χ0n) is 9.87. The molecule has 2 rings (SSSR count). The minimum atomic E-state index is -0.841. The molecule has 1 heterocycles. The number of ether oxygens (including phenoxy) is 1. The highest BCUT2D eigenvalue weighted by atomic mass is 79.9. The van der Waals surface area contributed by atoms with Gasteiger partial charge in [0.2, 0.25) is 0 Å². The van der Waals surface area contributed by atoms with Gasteiger partial charge in [-0.3, -0.25) is 4.79 Å². The molecule has 4 heteroatoms. The van der Waals surface area contributed by atoms with Gasteiger partial charge in [-0.2, -0.15) is 0 Å². The van der Waals surface area contributed by atoms with Crippen molar-refractivity contribution in [2.24, 2.45) is 5.41 Å². The van der Waals surface area contributed by atoms with Crippen molar-refractivity contribution in [2.45, 2.75) is 19.3 Å². The van der Waals surface area contributed by atoms with Gasteiger partial charge < -0.3 is 9.84 Å². The van der Waals surface area contributed by atoms with Gasteiger partial charge in [-0.05, 0) is 31.5 Å². The van der Waals surface area contributed by atoms with Crippen LogP contribution in [0.2, 0.25) is 0 Å². The van der Waals surface area contributed by atoms with E-state index in [2.05, 4.69) is 15.9 Å². The Bertz CT molecular complexity index is 450. The van der Waals surface area contributed by atoms with Crippen LogP contribution in [0.15, 0.2) is 28.7 Å². The lowest BCUT2D eigenvalue weighted by Crippen LogP contribution is -2.59. The summed E-state index contributed by atoms with van der Waals surface area (Å²) in [6.07, 6.45) is 0. The van der Waals surface area contributed by atoms with Crippen LogP contribution in [0.3, 0.4) is 0 Å². The van der Waals surface area contributed by atoms with Crippen LogP contribution in [0.4, 0.5) is 0 Å². The Hall–Kier alpha value is -0.870. The van der Waals surface area contributed by atoms with E-state index in [1.807, 2.05) is 24.3 Å². The third-order valence-electron chi connectivity index (χ3n) is 3.81. The number of aliphatic carboxylic acids is 1. The van der Waals surface area contributed by atoms with Gasteiger partial charge >= 0.3 is 5.97 Å². The predicted molar refractivity (Wildman–Crippen MR) is 68.1 cm³/mol. The van der Waals surface area contributed by atoms with Crippen molar-refractivity contribution in [2.75, 3.05) is 13.2 Å². The Balaban J connectivity index is 2.49. The molecule has 0 aliphatic carbocycles. The molecule has 1 aromatic carbocycles. The molecule has 1 N–H and O–H groups in total. The monoisotopic (exact) mass is 298 g/mol. The third-order valence-corrected chi connectivity index (χ3v) is 4.30. The van der Waals surface area contributed by atoms with Crippen molar-refractivity contribution in [3.05, 3.63) is 34.3 Å². The Morgan fingerprint density at radius 3 is 2.53 bits per heavy atom. The summed E-state index contributed by atoms with van der Waals surface area (Å²) in [4.78, 5) is 11.5. The topological polar surface area (TPSA) is 46.5 Å². The van der Waals surface area contributed by atoms with Crippen LogP contribution in [0.5, 0.6) is 0 Å². The molecule has 1 aromatic rings. The molecule has 0 amide bonds. The van der Waals surface area contributed by atoms with E-state index in [0.29, 0.717) is 13.2 Å². The lowest BCUT2D eigenvalue weighted by atomic mass is 9.60. The fourth-order valence-corrected chi connectivity index (χ4v) is 2.58. The summed E-state index contributed by atoms with van der Waals surface area (Å²) in [7, 11) is 0. The Labute approximate surface area is 109 Å². The molecule has 0 bridgehead atoms. The maximum absolute atomic E-state index is 11.5. The molecular weight excluding hydrogens is 284 g/mol. The lowest BCUT2D eigenvalue weighted by molar-refractivity contribution is -0.171. The molecule has 1 aliphatic rings. The highest BCUT2D eigenvalue weighted by Crippen LogP contribution is 2.47. The molecule has 1 saturated heterocycles. The first-order valence-corrected chi connectivity index (χ1v) is 6.27. The molecule has 0 radical (unpaired) electrons. The van der Waals surface area contributed by atoms with Crippen molar-refractivity contribution in [1.82, 2.24) is 0 Å². The Morgan fingerprint density at radius 2 is 2.12 bits per heavy atom. The largest absolute Gasteiger partial charge is 0.481 e. The Morgan fingerprint density at radius 1 is 1.47 bits per heavy atom. The third kappa shape index (κ3) is 1.79. The average molecular weight is 299 g/mol. The molecule has 0 unspecified atom stereocenters. The molecule has 0 aromatic heterocycles. The van der Waals surface area contributed by atoms with E-state index in [0.717, 1.165) is 10.0 Å². The van der Waals surface area contributed by atoms with Crippen molar-refractivity contribution >= 4 is 21.9 Å². The summed E-state index contributed by atoms with van der Waals surface area (Å²) >= 11 is 3.42. The van der Waals surface area contributed by atoms with Gasteiger partial charge in [-0.1, -0.05) is 28.1 Å². The fraction of sp³-hybridized carbons (Fsp3) is 0.462. The fourth-order valence-electron chi connectivity index (χ4n) is 2.19. The molecule has 0 spiro atoms. The lowest BCUT2D eigenvalue weighted by Gasteiger charge is -2.50. The average Bonchev–Trinajstić information content (AvgIpc) is 2.15. The quantitative estimate of drug-likeness (QED) is 0.933. The second-order valence-corrected chi connectivity index (χ2v) is 5.93. The van der Waals surface area contributed by atoms with Crippen molar-refractivity contribution < 1.29 is 14.6 Å². The number of carboxylic acid groups (broad SMARTS) is 1. The molecule has 3 nitrogen and oxygen atoms in total. The van der Waals surface area contributed by atoms with Crippen molar-refractivity contribution in [1.29, 1.82) is 0 Å². The first kappa shape index (κ1) is 12.6. The highest BCUT2D eigenvalue weighted by Gasteiger charge is 2.56. The summed E-state index contributed by atoms with van der Waals surface area (Å²) in [5.74, 6) is -0.791. The van der Waals surface area contributed by atoms with Gasteiger partial charge in [-0.15, -0.1) is 0 Å². The normalized spacial score (nSPS) is 18.5. The van der Waals surface area contributed by atoms with Gasteiger partial charge in [-0.25, -0.2) is 0 Å². The maximum atomic E-state index is 11.5. The Kier molecular flexibility index (Phi) is 3.04. The smallest absolute Gasteiger partial charge is 0.310 e. The van der Waals surface area contributed by atoms with E-state index < -0.39 is 16.8 Å². The van der Waals surface area contributed by atoms with Gasteiger partial charge in [0.05, 0.1) is 24.0 Å². The zero-order valence-corrected chi connectivity index (χ0v) is 11.5. The molecule has 1 aliphatic heterocycles. The molecule has 17 heavy (non-hydrogen) atoms. The van der Waals surface area contributed by atoms with E-state index in [1.54, 1.807) is 13.8 Å². The van der Waals surface area contributed by atoms with Crippen LogP contribution >= 0.6 is 15.9 Å². The van der Waals surface area contributed by atoms with Crippen molar-refractivity contribution in [3.63, 3.8) is 0 Å². The van der Waals surface area contributed by atoms with Gasteiger partial charge in [0, 0.05) is 4.47 Å². The van der Waals surface area contributed by atoms with E-state index in [-0.39, 0.29) is 0 Å². The number of hydrogen-bond acceptors (Lipinski definition) is 2. The number of rotatable bonds is 3. The minimum absolute atomic E-state index is 0.428.